The lowest BCUT2D eigenvalue weighted by Crippen LogP contribution is -2.03. The second-order valence-corrected chi connectivity index (χ2v) is 6.01. The molecular formula is C14H12BrFINO. The predicted octanol–water partition coefficient (Wildman–Crippen LogP) is 4.81. The molecule has 0 fully saturated rings. The van der Waals surface area contributed by atoms with Crippen molar-refractivity contribution < 1.29 is 9.13 Å². The van der Waals surface area contributed by atoms with Gasteiger partial charge in [-0.15, -0.1) is 0 Å². The van der Waals surface area contributed by atoms with Crippen LogP contribution in [0.25, 0.3) is 0 Å². The number of anilines is 1. The molecule has 0 radical (unpaired) electrons. The first-order chi connectivity index (χ1) is 9.10. The first kappa shape index (κ1) is 14.6. The average molecular weight is 436 g/mol. The third-order valence-corrected chi connectivity index (χ3v) is 4.03. The zero-order chi connectivity index (χ0) is 13.8. The Kier molecular flexibility index (Phi) is 5.04. The summed E-state index contributed by atoms with van der Waals surface area (Å²) >= 11 is 5.55. The highest BCUT2D eigenvalue weighted by molar-refractivity contribution is 14.1. The van der Waals surface area contributed by atoms with Gasteiger partial charge >= 0.3 is 0 Å². The number of nitrogens with one attached hydrogen (secondary N) is 1. The monoisotopic (exact) mass is 435 g/mol. The van der Waals surface area contributed by atoms with Gasteiger partial charge in [-0.05, 0) is 59.0 Å². The first-order valence-electron chi connectivity index (χ1n) is 5.61. The molecule has 1 N–H and O–H groups in total. The Bertz CT molecular complexity index is 592. The maximum atomic E-state index is 13.0. The lowest BCUT2D eigenvalue weighted by atomic mass is 10.2. The summed E-state index contributed by atoms with van der Waals surface area (Å²) in [6.45, 7) is 0.615. The van der Waals surface area contributed by atoms with Gasteiger partial charge < -0.3 is 10.1 Å². The number of rotatable bonds is 4. The highest BCUT2D eigenvalue weighted by Gasteiger charge is 2.05. The van der Waals surface area contributed by atoms with Gasteiger partial charge in [-0.1, -0.05) is 15.9 Å². The zero-order valence-electron chi connectivity index (χ0n) is 10.2. The third-order valence-electron chi connectivity index (χ3n) is 2.64. The van der Waals surface area contributed by atoms with E-state index < -0.39 is 0 Å². The molecule has 19 heavy (non-hydrogen) atoms. The minimum atomic E-state index is -0.227. The molecule has 2 aromatic rings. The Morgan fingerprint density at radius 3 is 2.74 bits per heavy atom. The van der Waals surface area contributed by atoms with Crippen molar-refractivity contribution in [1.29, 1.82) is 0 Å². The summed E-state index contributed by atoms with van der Waals surface area (Å²) in [5.74, 6) is 0.600. The topological polar surface area (TPSA) is 21.3 Å². The maximum Gasteiger partial charge on any atom is 0.124 e. The molecule has 0 bridgehead atoms. The Labute approximate surface area is 133 Å². The van der Waals surface area contributed by atoms with E-state index in [1.54, 1.807) is 13.2 Å². The lowest BCUT2D eigenvalue weighted by Gasteiger charge is -2.12. The molecule has 0 saturated carbocycles. The largest absolute Gasteiger partial charge is 0.496 e. The zero-order valence-corrected chi connectivity index (χ0v) is 14.0. The Balaban J connectivity index is 2.16. The van der Waals surface area contributed by atoms with E-state index in [9.17, 15) is 4.39 Å². The second-order valence-electron chi connectivity index (χ2n) is 3.93. The van der Waals surface area contributed by atoms with Crippen LogP contribution in [0.5, 0.6) is 5.75 Å². The van der Waals surface area contributed by atoms with E-state index in [2.05, 4.69) is 43.8 Å². The van der Waals surface area contributed by atoms with E-state index in [-0.39, 0.29) is 5.82 Å². The summed E-state index contributed by atoms with van der Waals surface area (Å²) in [4.78, 5) is 0. The summed E-state index contributed by atoms with van der Waals surface area (Å²) in [7, 11) is 1.65. The molecule has 2 rings (SSSR count). The summed E-state index contributed by atoms with van der Waals surface area (Å²) in [5.41, 5.74) is 1.95. The van der Waals surface area contributed by atoms with E-state index in [4.69, 9.17) is 4.74 Å². The highest BCUT2D eigenvalue weighted by Crippen LogP contribution is 2.25. The molecule has 0 unspecified atom stereocenters. The van der Waals surface area contributed by atoms with E-state index in [0.717, 1.165) is 25.0 Å². The standard InChI is InChI=1S/C14H12BrFINO/c1-19-14-5-2-10(15)6-9(14)8-18-13-4-3-11(16)7-12(13)17/h2-7,18H,8H2,1H3. The molecule has 0 saturated heterocycles. The van der Waals surface area contributed by atoms with Crippen molar-refractivity contribution in [2.45, 2.75) is 6.54 Å². The maximum absolute atomic E-state index is 13.0. The summed E-state index contributed by atoms with van der Waals surface area (Å²) in [6.07, 6.45) is 0. The van der Waals surface area contributed by atoms with Crippen LogP contribution in [0.1, 0.15) is 5.56 Å². The van der Waals surface area contributed by atoms with Crippen LogP contribution in [0.4, 0.5) is 10.1 Å². The number of methoxy groups -OCH3 is 1. The van der Waals surface area contributed by atoms with Crippen LogP contribution < -0.4 is 10.1 Å². The minimum absolute atomic E-state index is 0.227. The van der Waals surface area contributed by atoms with E-state index >= 15 is 0 Å². The van der Waals surface area contributed by atoms with Crippen LogP contribution in [0, 0.1) is 9.39 Å². The van der Waals surface area contributed by atoms with E-state index in [1.807, 2.05) is 18.2 Å². The SMILES string of the molecule is COc1ccc(Br)cc1CNc1ccc(F)cc1I. The molecule has 0 atom stereocenters. The van der Waals surface area contributed by atoms with Gasteiger partial charge in [0, 0.05) is 25.8 Å². The van der Waals surface area contributed by atoms with Crippen LogP contribution in [0.2, 0.25) is 0 Å². The molecule has 5 heteroatoms. The molecule has 0 spiro atoms. The molecule has 0 aliphatic rings. The number of ether oxygens (including phenoxy) is 1. The molecule has 0 aliphatic carbocycles. The summed E-state index contributed by atoms with van der Waals surface area (Å²) in [6, 6.07) is 10.5. The Morgan fingerprint density at radius 2 is 2.05 bits per heavy atom. The van der Waals surface area contributed by atoms with Crippen molar-refractivity contribution in [3.63, 3.8) is 0 Å². The Morgan fingerprint density at radius 1 is 1.26 bits per heavy atom. The quantitative estimate of drug-likeness (QED) is 0.695. The molecular weight excluding hydrogens is 424 g/mol. The van der Waals surface area contributed by atoms with E-state index in [0.29, 0.717) is 6.54 Å². The van der Waals surface area contributed by atoms with E-state index in [1.165, 1.54) is 12.1 Å². The fraction of sp³-hybridized carbons (Fsp3) is 0.143. The van der Waals surface area contributed by atoms with Gasteiger partial charge in [0.15, 0.2) is 0 Å². The van der Waals surface area contributed by atoms with Crippen molar-refractivity contribution in [1.82, 2.24) is 0 Å². The van der Waals surface area contributed by atoms with Gasteiger partial charge in [0.25, 0.3) is 0 Å². The fourth-order valence-electron chi connectivity index (χ4n) is 1.71. The number of hydrogen-bond acceptors (Lipinski definition) is 2. The van der Waals surface area contributed by atoms with Crippen molar-refractivity contribution in [3.05, 3.63) is 55.8 Å². The molecule has 0 amide bonds. The number of benzene rings is 2. The van der Waals surface area contributed by atoms with Gasteiger partial charge in [0.1, 0.15) is 11.6 Å². The number of hydrogen-bond donors (Lipinski definition) is 1. The van der Waals surface area contributed by atoms with Crippen LogP contribution in [0.3, 0.4) is 0 Å². The smallest absolute Gasteiger partial charge is 0.124 e. The van der Waals surface area contributed by atoms with Crippen LogP contribution in [-0.4, -0.2) is 7.11 Å². The Hall–Kier alpha value is -0.820. The van der Waals surface area contributed by atoms with Crippen molar-refractivity contribution in [2.24, 2.45) is 0 Å². The van der Waals surface area contributed by atoms with Crippen LogP contribution in [-0.2, 0) is 6.54 Å². The fourth-order valence-corrected chi connectivity index (χ4v) is 2.79. The molecule has 100 valence electrons. The van der Waals surface area contributed by atoms with Crippen molar-refractivity contribution in [2.75, 3.05) is 12.4 Å². The van der Waals surface area contributed by atoms with Crippen molar-refractivity contribution in [3.8, 4) is 5.75 Å². The highest BCUT2D eigenvalue weighted by atomic mass is 127. The molecule has 2 aromatic carbocycles. The normalized spacial score (nSPS) is 10.3. The molecule has 0 aliphatic heterocycles. The predicted molar refractivity (Wildman–Crippen MR) is 87.1 cm³/mol. The molecule has 0 aromatic heterocycles. The van der Waals surface area contributed by atoms with Gasteiger partial charge in [-0.2, -0.15) is 0 Å². The van der Waals surface area contributed by atoms with Crippen molar-refractivity contribution >= 4 is 44.2 Å². The number of halogens is 3. The molecule has 2 nitrogen and oxygen atoms in total. The minimum Gasteiger partial charge on any atom is -0.496 e. The van der Waals surface area contributed by atoms with Crippen LogP contribution in [0.15, 0.2) is 40.9 Å². The van der Waals surface area contributed by atoms with Gasteiger partial charge in [0.05, 0.1) is 7.11 Å². The van der Waals surface area contributed by atoms with Gasteiger partial charge in [-0.3, -0.25) is 0 Å². The van der Waals surface area contributed by atoms with Crippen LogP contribution >= 0.6 is 38.5 Å². The first-order valence-corrected chi connectivity index (χ1v) is 7.48. The van der Waals surface area contributed by atoms with Gasteiger partial charge in [-0.25, -0.2) is 4.39 Å². The van der Waals surface area contributed by atoms with Gasteiger partial charge in [0.2, 0.25) is 0 Å². The lowest BCUT2D eigenvalue weighted by molar-refractivity contribution is 0.410. The summed E-state index contributed by atoms with van der Waals surface area (Å²) in [5, 5.41) is 3.28. The molecule has 0 heterocycles. The third kappa shape index (κ3) is 3.82. The summed E-state index contributed by atoms with van der Waals surface area (Å²) < 4.78 is 20.2. The average Bonchev–Trinajstić information content (AvgIpc) is 2.38. The second kappa shape index (κ2) is 6.56.